The van der Waals surface area contributed by atoms with Gasteiger partial charge in [-0.3, -0.25) is 4.98 Å². The van der Waals surface area contributed by atoms with Gasteiger partial charge in [-0.25, -0.2) is 9.97 Å². The minimum atomic E-state index is 0.555. The number of hydrogen-bond donors (Lipinski definition) is 1. The SMILES string of the molecule is Cc1nc(NC2CCCCC2)cc(-c2cccnc2)n1. The molecule has 0 amide bonds. The van der Waals surface area contributed by atoms with Gasteiger partial charge in [-0.05, 0) is 31.9 Å². The fraction of sp³-hybridized carbons (Fsp3) is 0.438. The molecule has 1 N–H and O–H groups in total. The molecule has 0 saturated heterocycles. The van der Waals surface area contributed by atoms with Crippen molar-refractivity contribution in [1.82, 2.24) is 15.0 Å². The first-order valence-electron chi connectivity index (χ1n) is 7.34. The van der Waals surface area contributed by atoms with Crippen molar-refractivity contribution in [2.75, 3.05) is 5.32 Å². The Bertz CT molecular complexity index is 562. The van der Waals surface area contributed by atoms with Crippen molar-refractivity contribution in [3.05, 3.63) is 36.4 Å². The third-order valence-corrected chi connectivity index (χ3v) is 3.75. The Morgan fingerprint density at radius 1 is 1.15 bits per heavy atom. The second-order valence-electron chi connectivity index (χ2n) is 5.41. The molecule has 0 bridgehead atoms. The summed E-state index contributed by atoms with van der Waals surface area (Å²) in [7, 11) is 0. The average molecular weight is 268 g/mol. The van der Waals surface area contributed by atoms with E-state index in [9.17, 15) is 0 Å². The summed E-state index contributed by atoms with van der Waals surface area (Å²) in [6.07, 6.45) is 10.1. The number of anilines is 1. The van der Waals surface area contributed by atoms with Crippen LogP contribution in [-0.2, 0) is 0 Å². The van der Waals surface area contributed by atoms with Crippen molar-refractivity contribution >= 4 is 5.82 Å². The van der Waals surface area contributed by atoms with E-state index in [0.29, 0.717) is 6.04 Å². The van der Waals surface area contributed by atoms with E-state index in [0.717, 1.165) is 22.9 Å². The standard InChI is InChI=1S/C16H20N4/c1-12-18-15(13-6-5-9-17-11-13)10-16(19-12)20-14-7-3-2-4-8-14/h5-6,9-11,14H,2-4,7-8H2,1H3,(H,18,19,20). The molecule has 1 saturated carbocycles. The number of rotatable bonds is 3. The monoisotopic (exact) mass is 268 g/mol. The van der Waals surface area contributed by atoms with Gasteiger partial charge < -0.3 is 5.32 Å². The summed E-state index contributed by atoms with van der Waals surface area (Å²) in [5.74, 6) is 1.73. The summed E-state index contributed by atoms with van der Waals surface area (Å²) >= 11 is 0. The number of aryl methyl sites for hydroxylation is 1. The molecule has 0 radical (unpaired) electrons. The molecule has 104 valence electrons. The molecule has 1 fully saturated rings. The van der Waals surface area contributed by atoms with Gasteiger partial charge in [-0.15, -0.1) is 0 Å². The molecule has 20 heavy (non-hydrogen) atoms. The Hall–Kier alpha value is -1.97. The van der Waals surface area contributed by atoms with Gasteiger partial charge in [-0.1, -0.05) is 19.3 Å². The predicted molar refractivity (Wildman–Crippen MR) is 80.5 cm³/mol. The Morgan fingerprint density at radius 2 is 2.00 bits per heavy atom. The molecule has 3 rings (SSSR count). The van der Waals surface area contributed by atoms with Crippen LogP contribution in [0.1, 0.15) is 37.9 Å². The summed E-state index contributed by atoms with van der Waals surface area (Å²) in [5, 5.41) is 3.56. The summed E-state index contributed by atoms with van der Waals surface area (Å²) in [5.41, 5.74) is 1.97. The van der Waals surface area contributed by atoms with Gasteiger partial charge in [0, 0.05) is 30.1 Å². The van der Waals surface area contributed by atoms with Crippen molar-refractivity contribution in [1.29, 1.82) is 0 Å². The van der Waals surface area contributed by atoms with Gasteiger partial charge in [0.25, 0.3) is 0 Å². The van der Waals surface area contributed by atoms with Crippen LogP contribution in [0.3, 0.4) is 0 Å². The van der Waals surface area contributed by atoms with E-state index in [1.807, 2.05) is 31.3 Å². The fourth-order valence-electron chi connectivity index (χ4n) is 2.76. The molecule has 2 aromatic rings. The minimum absolute atomic E-state index is 0.555. The van der Waals surface area contributed by atoms with Crippen LogP contribution in [-0.4, -0.2) is 21.0 Å². The zero-order chi connectivity index (χ0) is 13.8. The van der Waals surface area contributed by atoms with Gasteiger partial charge in [0.2, 0.25) is 0 Å². The molecule has 0 unspecified atom stereocenters. The molecule has 2 aromatic heterocycles. The van der Waals surface area contributed by atoms with E-state index in [1.165, 1.54) is 32.1 Å². The van der Waals surface area contributed by atoms with E-state index in [2.05, 4.69) is 20.3 Å². The highest BCUT2D eigenvalue weighted by Gasteiger charge is 2.14. The van der Waals surface area contributed by atoms with Gasteiger partial charge in [0.1, 0.15) is 11.6 Å². The lowest BCUT2D eigenvalue weighted by atomic mass is 9.95. The zero-order valence-corrected chi connectivity index (χ0v) is 11.8. The van der Waals surface area contributed by atoms with Crippen LogP contribution in [0.2, 0.25) is 0 Å². The molecule has 1 aliphatic carbocycles. The largest absolute Gasteiger partial charge is 0.367 e. The predicted octanol–water partition coefficient (Wildman–Crippen LogP) is 3.59. The first-order valence-corrected chi connectivity index (χ1v) is 7.34. The highest BCUT2D eigenvalue weighted by atomic mass is 15.0. The molecule has 0 aromatic carbocycles. The van der Waals surface area contributed by atoms with E-state index in [-0.39, 0.29) is 0 Å². The number of pyridine rings is 1. The first kappa shape index (κ1) is 13.0. The van der Waals surface area contributed by atoms with Gasteiger partial charge in [0.15, 0.2) is 0 Å². The molecule has 0 aliphatic heterocycles. The van der Waals surface area contributed by atoms with Crippen LogP contribution < -0.4 is 5.32 Å². The Kier molecular flexibility index (Phi) is 3.90. The molecular formula is C16H20N4. The van der Waals surface area contributed by atoms with Gasteiger partial charge >= 0.3 is 0 Å². The van der Waals surface area contributed by atoms with Crippen LogP contribution in [0.5, 0.6) is 0 Å². The van der Waals surface area contributed by atoms with Crippen LogP contribution >= 0.6 is 0 Å². The van der Waals surface area contributed by atoms with E-state index in [1.54, 1.807) is 6.20 Å². The van der Waals surface area contributed by atoms with Crippen molar-refractivity contribution in [2.24, 2.45) is 0 Å². The lowest BCUT2D eigenvalue weighted by Gasteiger charge is -2.23. The zero-order valence-electron chi connectivity index (χ0n) is 11.8. The molecule has 2 heterocycles. The Balaban J connectivity index is 1.83. The molecule has 0 spiro atoms. The van der Waals surface area contributed by atoms with Gasteiger partial charge in [-0.2, -0.15) is 0 Å². The first-order chi connectivity index (χ1) is 9.81. The number of nitrogens with zero attached hydrogens (tertiary/aromatic N) is 3. The third-order valence-electron chi connectivity index (χ3n) is 3.75. The summed E-state index contributed by atoms with van der Waals surface area (Å²) in [6, 6.07) is 6.54. The maximum atomic E-state index is 4.51. The maximum absolute atomic E-state index is 4.51. The number of hydrogen-bond acceptors (Lipinski definition) is 4. The summed E-state index contributed by atoms with van der Waals surface area (Å²) in [4.78, 5) is 13.2. The highest BCUT2D eigenvalue weighted by molar-refractivity contribution is 5.61. The molecular weight excluding hydrogens is 248 g/mol. The highest BCUT2D eigenvalue weighted by Crippen LogP contribution is 2.23. The second kappa shape index (κ2) is 5.99. The van der Waals surface area contributed by atoms with Crippen LogP contribution in [0.4, 0.5) is 5.82 Å². The average Bonchev–Trinajstić information content (AvgIpc) is 2.49. The lowest BCUT2D eigenvalue weighted by molar-refractivity contribution is 0.462. The quantitative estimate of drug-likeness (QED) is 0.924. The topological polar surface area (TPSA) is 50.7 Å². The van der Waals surface area contributed by atoms with E-state index >= 15 is 0 Å². The third kappa shape index (κ3) is 3.13. The van der Waals surface area contributed by atoms with Crippen molar-refractivity contribution < 1.29 is 0 Å². The molecule has 0 atom stereocenters. The Labute approximate surface area is 119 Å². The molecule has 1 aliphatic rings. The fourth-order valence-corrected chi connectivity index (χ4v) is 2.76. The normalized spacial score (nSPS) is 16.1. The summed E-state index contributed by atoms with van der Waals surface area (Å²) in [6.45, 7) is 1.94. The van der Waals surface area contributed by atoms with Crippen molar-refractivity contribution in [2.45, 2.75) is 45.1 Å². The van der Waals surface area contributed by atoms with E-state index < -0.39 is 0 Å². The van der Waals surface area contributed by atoms with Crippen LogP contribution in [0, 0.1) is 6.92 Å². The maximum Gasteiger partial charge on any atom is 0.130 e. The van der Waals surface area contributed by atoms with Crippen molar-refractivity contribution in [3.63, 3.8) is 0 Å². The van der Waals surface area contributed by atoms with Crippen molar-refractivity contribution in [3.8, 4) is 11.3 Å². The number of nitrogens with one attached hydrogen (secondary N) is 1. The molecule has 4 heteroatoms. The minimum Gasteiger partial charge on any atom is -0.367 e. The molecule has 4 nitrogen and oxygen atoms in total. The van der Waals surface area contributed by atoms with Crippen LogP contribution in [0.25, 0.3) is 11.3 Å². The number of aromatic nitrogens is 3. The lowest BCUT2D eigenvalue weighted by Crippen LogP contribution is -2.23. The van der Waals surface area contributed by atoms with Gasteiger partial charge in [0.05, 0.1) is 5.69 Å². The Morgan fingerprint density at radius 3 is 2.75 bits per heavy atom. The smallest absolute Gasteiger partial charge is 0.130 e. The second-order valence-corrected chi connectivity index (χ2v) is 5.41. The summed E-state index contributed by atoms with van der Waals surface area (Å²) < 4.78 is 0. The van der Waals surface area contributed by atoms with Crippen LogP contribution in [0.15, 0.2) is 30.6 Å². The van der Waals surface area contributed by atoms with E-state index in [4.69, 9.17) is 0 Å².